The number of hydrogen-bond acceptors (Lipinski definition) is 5. The molecule has 1 aliphatic rings. The van der Waals surface area contributed by atoms with Crippen molar-refractivity contribution >= 4 is 11.8 Å². The van der Waals surface area contributed by atoms with Crippen LogP contribution in [0, 0.1) is 0 Å². The number of carbonyl (C=O) groups excluding carboxylic acids is 1. The lowest BCUT2D eigenvalue weighted by Crippen LogP contribution is -2.37. The summed E-state index contributed by atoms with van der Waals surface area (Å²) in [6.45, 7) is 8.29. The minimum absolute atomic E-state index is 0.0980. The van der Waals surface area contributed by atoms with Crippen molar-refractivity contribution in [3.63, 3.8) is 0 Å². The Kier molecular flexibility index (Phi) is 10.3. The van der Waals surface area contributed by atoms with E-state index >= 15 is 0 Å². The smallest absolute Gasteiger partial charge is 0.411 e. The number of ether oxygens (including phenoxy) is 2. The molecule has 0 spiro atoms. The Morgan fingerprint density at radius 3 is 2.79 bits per heavy atom. The summed E-state index contributed by atoms with van der Waals surface area (Å²) in [5.74, 6) is 0. The summed E-state index contributed by atoms with van der Waals surface area (Å²) in [6.07, 6.45) is 5.11. The molecule has 2 rings (SSSR count). The van der Waals surface area contributed by atoms with E-state index in [0.29, 0.717) is 12.1 Å². The van der Waals surface area contributed by atoms with Crippen molar-refractivity contribution < 1.29 is 19.4 Å². The third-order valence-electron chi connectivity index (χ3n) is 5.11. The first kappa shape index (κ1) is 22.7. The topological polar surface area (TPSA) is 71.0 Å². The highest BCUT2D eigenvalue weighted by molar-refractivity contribution is 5.84. The third-order valence-corrected chi connectivity index (χ3v) is 5.11. The molecule has 1 amide bonds. The van der Waals surface area contributed by atoms with Crippen molar-refractivity contribution in [3.05, 3.63) is 29.8 Å². The number of amides is 1. The number of carbonyl (C=O) groups is 1. The minimum Gasteiger partial charge on any atom is -0.446 e. The molecule has 1 fully saturated rings. The maximum Gasteiger partial charge on any atom is 0.411 e. The number of hydrogen-bond donors (Lipinski definition) is 2. The second-order valence-electron chi connectivity index (χ2n) is 7.57. The third kappa shape index (κ3) is 8.59. The van der Waals surface area contributed by atoms with E-state index in [1.807, 2.05) is 31.2 Å². The molecule has 0 aromatic heterocycles. The van der Waals surface area contributed by atoms with Crippen LogP contribution in [0.5, 0.6) is 0 Å². The Labute approximate surface area is 169 Å². The molecule has 0 unspecified atom stereocenters. The Balaban J connectivity index is 1.75. The molecule has 0 radical (unpaired) electrons. The molecule has 6 nitrogen and oxygen atoms in total. The van der Waals surface area contributed by atoms with Gasteiger partial charge in [-0.3, -0.25) is 10.2 Å². The van der Waals surface area contributed by atoms with E-state index in [1.54, 1.807) is 0 Å². The molecule has 28 heavy (non-hydrogen) atoms. The van der Waals surface area contributed by atoms with Crippen molar-refractivity contribution in [1.29, 1.82) is 0 Å². The van der Waals surface area contributed by atoms with Gasteiger partial charge in [-0.15, -0.1) is 0 Å². The molecule has 0 saturated carbocycles. The van der Waals surface area contributed by atoms with Crippen LogP contribution in [-0.2, 0) is 9.47 Å². The summed E-state index contributed by atoms with van der Waals surface area (Å²) in [7, 11) is 0. The van der Waals surface area contributed by atoms with Crippen molar-refractivity contribution in [2.75, 3.05) is 38.2 Å². The predicted octanol–water partition coefficient (Wildman–Crippen LogP) is 4.35. The highest BCUT2D eigenvalue weighted by Gasteiger charge is 2.15. The van der Waals surface area contributed by atoms with Gasteiger partial charge in [-0.05, 0) is 43.9 Å². The number of nitrogens with zero attached hydrogens (tertiary/aromatic N) is 1. The van der Waals surface area contributed by atoms with Gasteiger partial charge in [0.05, 0.1) is 19.3 Å². The monoisotopic (exact) mass is 392 g/mol. The highest BCUT2D eigenvalue weighted by Crippen LogP contribution is 2.21. The zero-order valence-electron chi connectivity index (χ0n) is 17.4. The van der Waals surface area contributed by atoms with E-state index in [0.717, 1.165) is 51.3 Å². The summed E-state index contributed by atoms with van der Waals surface area (Å²) < 4.78 is 10.8. The van der Waals surface area contributed by atoms with Gasteiger partial charge in [0, 0.05) is 25.3 Å². The van der Waals surface area contributed by atoms with Gasteiger partial charge in [0.1, 0.15) is 6.10 Å². The molecule has 0 bridgehead atoms. The molecule has 0 aliphatic carbocycles. The summed E-state index contributed by atoms with van der Waals surface area (Å²) >= 11 is 0. The molecule has 1 saturated heterocycles. The van der Waals surface area contributed by atoms with Gasteiger partial charge < -0.3 is 14.6 Å². The first-order chi connectivity index (χ1) is 13.6. The van der Waals surface area contributed by atoms with E-state index in [2.05, 4.69) is 17.1 Å². The first-order valence-corrected chi connectivity index (χ1v) is 10.6. The predicted molar refractivity (Wildman–Crippen MR) is 112 cm³/mol. The van der Waals surface area contributed by atoms with Crippen molar-refractivity contribution in [1.82, 2.24) is 4.90 Å². The fraction of sp³-hybridized carbons (Fsp3) is 0.682. The molecule has 1 aromatic carbocycles. The van der Waals surface area contributed by atoms with Gasteiger partial charge in [0.15, 0.2) is 0 Å². The van der Waals surface area contributed by atoms with E-state index < -0.39 is 12.2 Å². The lowest BCUT2D eigenvalue weighted by molar-refractivity contribution is 0.0300. The number of nitrogens with one attached hydrogen (secondary N) is 1. The molecule has 2 N–H and O–H groups in total. The number of benzene rings is 1. The standard InChI is InChI=1S/C22H36N2O4/c1-3-4-5-6-8-18(2)28-22(26)23-20-10-7-9-19(17-20)21(25)11-12-24-13-15-27-16-14-24/h7,9-10,17-18,21,25H,3-6,8,11-16H2,1-2H3,(H,23,26)/t18-,21-/m0/s1. The largest absolute Gasteiger partial charge is 0.446 e. The van der Waals surface area contributed by atoms with Crippen LogP contribution in [0.4, 0.5) is 10.5 Å². The van der Waals surface area contributed by atoms with Crippen LogP contribution in [0.15, 0.2) is 24.3 Å². The summed E-state index contributed by atoms with van der Waals surface area (Å²) in [5.41, 5.74) is 1.45. The molecular formula is C22H36N2O4. The van der Waals surface area contributed by atoms with Crippen LogP contribution in [0.1, 0.15) is 64.0 Å². The maximum absolute atomic E-state index is 12.1. The average molecular weight is 393 g/mol. The fourth-order valence-electron chi connectivity index (χ4n) is 3.37. The zero-order valence-corrected chi connectivity index (χ0v) is 17.4. The number of anilines is 1. The van der Waals surface area contributed by atoms with Crippen LogP contribution in [0.2, 0.25) is 0 Å². The van der Waals surface area contributed by atoms with E-state index in [1.165, 1.54) is 19.3 Å². The van der Waals surface area contributed by atoms with Crippen molar-refractivity contribution in [3.8, 4) is 0 Å². The Morgan fingerprint density at radius 2 is 2.04 bits per heavy atom. The quantitative estimate of drug-likeness (QED) is 0.548. The zero-order chi connectivity index (χ0) is 20.2. The van der Waals surface area contributed by atoms with Crippen LogP contribution in [0.3, 0.4) is 0 Å². The Morgan fingerprint density at radius 1 is 1.25 bits per heavy atom. The Hall–Kier alpha value is -1.63. The second-order valence-corrected chi connectivity index (χ2v) is 7.57. The van der Waals surface area contributed by atoms with Gasteiger partial charge in [0.25, 0.3) is 0 Å². The summed E-state index contributed by atoms with van der Waals surface area (Å²) in [6, 6.07) is 7.36. The molecule has 2 atom stereocenters. The van der Waals surface area contributed by atoms with Gasteiger partial charge in [-0.1, -0.05) is 38.3 Å². The molecule has 6 heteroatoms. The lowest BCUT2D eigenvalue weighted by Gasteiger charge is -2.27. The fourth-order valence-corrected chi connectivity index (χ4v) is 3.37. The number of aliphatic hydroxyl groups is 1. The van der Waals surface area contributed by atoms with Gasteiger partial charge in [0.2, 0.25) is 0 Å². The normalized spacial score (nSPS) is 17.1. The van der Waals surface area contributed by atoms with Gasteiger partial charge in [-0.2, -0.15) is 0 Å². The summed E-state index contributed by atoms with van der Waals surface area (Å²) in [5, 5.41) is 13.3. The SMILES string of the molecule is CCCCCC[C@H](C)OC(=O)Nc1cccc([C@@H](O)CCN2CCOCC2)c1. The minimum atomic E-state index is -0.557. The Bertz CT molecular complexity index is 575. The lowest BCUT2D eigenvalue weighted by atomic mass is 10.1. The van der Waals surface area contributed by atoms with Crippen LogP contribution in [0.25, 0.3) is 0 Å². The first-order valence-electron chi connectivity index (χ1n) is 10.6. The van der Waals surface area contributed by atoms with E-state index in [-0.39, 0.29) is 6.10 Å². The van der Waals surface area contributed by atoms with E-state index in [4.69, 9.17) is 9.47 Å². The van der Waals surface area contributed by atoms with Crippen LogP contribution >= 0.6 is 0 Å². The van der Waals surface area contributed by atoms with Crippen molar-refractivity contribution in [2.45, 2.75) is 64.6 Å². The molecule has 158 valence electrons. The maximum atomic E-state index is 12.1. The number of morpholine rings is 1. The number of unbranched alkanes of at least 4 members (excludes halogenated alkanes) is 3. The number of rotatable bonds is 11. The second kappa shape index (κ2) is 12.8. The van der Waals surface area contributed by atoms with Crippen LogP contribution in [-0.4, -0.2) is 55.1 Å². The van der Waals surface area contributed by atoms with Gasteiger partial charge in [-0.25, -0.2) is 4.79 Å². The molecular weight excluding hydrogens is 356 g/mol. The molecule has 1 aromatic rings. The average Bonchev–Trinajstić information content (AvgIpc) is 2.70. The molecule has 1 aliphatic heterocycles. The van der Waals surface area contributed by atoms with E-state index in [9.17, 15) is 9.90 Å². The van der Waals surface area contributed by atoms with Crippen molar-refractivity contribution in [2.24, 2.45) is 0 Å². The van der Waals surface area contributed by atoms with Gasteiger partial charge >= 0.3 is 6.09 Å². The van der Waals surface area contributed by atoms with Crippen LogP contribution < -0.4 is 5.32 Å². The molecule has 1 heterocycles. The number of aliphatic hydroxyl groups excluding tert-OH is 1. The summed E-state index contributed by atoms with van der Waals surface area (Å²) in [4.78, 5) is 14.4. The highest BCUT2D eigenvalue weighted by atomic mass is 16.6.